The van der Waals surface area contributed by atoms with Crippen molar-refractivity contribution in [2.45, 2.75) is 13.5 Å². The third-order valence-electron chi connectivity index (χ3n) is 2.83. The van der Waals surface area contributed by atoms with Gasteiger partial charge >= 0.3 is 5.97 Å². The van der Waals surface area contributed by atoms with Crippen LogP contribution in [0.4, 0.5) is 10.1 Å². The van der Waals surface area contributed by atoms with Gasteiger partial charge < -0.3 is 10.1 Å². The molecule has 1 amide bonds. The summed E-state index contributed by atoms with van der Waals surface area (Å²) in [6, 6.07) is 4.10. The number of carbonyl (C=O) groups is 2. The lowest BCUT2D eigenvalue weighted by Gasteiger charge is -2.04. The minimum Gasteiger partial charge on any atom is -0.468 e. The number of nitrogens with one attached hydrogen (secondary N) is 1. The summed E-state index contributed by atoms with van der Waals surface area (Å²) in [5.41, 5.74) is 1.17. The quantitative estimate of drug-likeness (QED) is 0.871. The predicted octanol–water partition coefficient (Wildman–Crippen LogP) is 1.76. The van der Waals surface area contributed by atoms with Crippen molar-refractivity contribution in [3.63, 3.8) is 0 Å². The second-order valence-corrected chi connectivity index (χ2v) is 4.42. The van der Waals surface area contributed by atoms with Gasteiger partial charge in [0.05, 0.1) is 19.0 Å². The number of ether oxygens (including phenoxy) is 1. The van der Waals surface area contributed by atoms with Crippen molar-refractivity contribution in [2.24, 2.45) is 0 Å². The smallest absolute Gasteiger partial charge is 0.327 e. The lowest BCUT2D eigenvalue weighted by atomic mass is 10.1. The number of hydrogen-bond acceptors (Lipinski definition) is 4. The Morgan fingerprint density at radius 2 is 2.19 bits per heavy atom. The lowest BCUT2D eigenvalue weighted by Crippen LogP contribution is -2.13. The van der Waals surface area contributed by atoms with Gasteiger partial charge in [0, 0.05) is 11.8 Å². The fraction of sp³-hybridized carbons (Fsp3) is 0.214. The van der Waals surface area contributed by atoms with Gasteiger partial charge in [-0.05, 0) is 30.7 Å². The fourth-order valence-corrected chi connectivity index (χ4v) is 1.70. The van der Waals surface area contributed by atoms with E-state index in [-0.39, 0.29) is 18.3 Å². The molecule has 0 fully saturated rings. The number of benzene rings is 1. The van der Waals surface area contributed by atoms with Crippen LogP contribution in [0, 0.1) is 12.7 Å². The number of nitrogens with zero attached hydrogens (tertiary/aromatic N) is 2. The van der Waals surface area contributed by atoms with Crippen LogP contribution in [0.5, 0.6) is 0 Å². The maximum absolute atomic E-state index is 13.2. The lowest BCUT2D eigenvalue weighted by molar-refractivity contribution is -0.141. The van der Waals surface area contributed by atoms with E-state index in [0.29, 0.717) is 16.8 Å². The molecule has 2 rings (SSSR count). The second kappa shape index (κ2) is 6.17. The van der Waals surface area contributed by atoms with E-state index in [1.807, 2.05) is 0 Å². The molecule has 0 aliphatic carbocycles. The van der Waals surface area contributed by atoms with E-state index in [9.17, 15) is 14.0 Å². The largest absolute Gasteiger partial charge is 0.468 e. The zero-order valence-electron chi connectivity index (χ0n) is 11.6. The standard InChI is InChI=1S/C14H14FN3O3/c1-9-5-10(3-4-12(9)15)14(20)17-11-6-16-18(7-11)8-13(19)21-2/h3-7H,8H2,1-2H3,(H,17,20). The molecule has 0 unspecified atom stereocenters. The molecule has 1 aromatic heterocycles. The van der Waals surface area contributed by atoms with Crippen LogP contribution in [-0.4, -0.2) is 28.8 Å². The Morgan fingerprint density at radius 1 is 1.43 bits per heavy atom. The SMILES string of the molecule is COC(=O)Cn1cc(NC(=O)c2ccc(F)c(C)c2)cn1. The first-order valence-corrected chi connectivity index (χ1v) is 6.16. The molecule has 0 aliphatic heterocycles. The summed E-state index contributed by atoms with van der Waals surface area (Å²) in [5, 5.41) is 6.54. The van der Waals surface area contributed by atoms with E-state index < -0.39 is 5.97 Å². The van der Waals surface area contributed by atoms with Gasteiger partial charge in [-0.3, -0.25) is 14.3 Å². The highest BCUT2D eigenvalue weighted by atomic mass is 19.1. The molecule has 0 saturated carbocycles. The molecule has 7 heteroatoms. The predicted molar refractivity (Wildman–Crippen MR) is 73.3 cm³/mol. The van der Waals surface area contributed by atoms with E-state index in [1.54, 1.807) is 6.92 Å². The summed E-state index contributed by atoms with van der Waals surface area (Å²) in [6.45, 7) is 1.54. The van der Waals surface area contributed by atoms with Crippen LogP contribution in [0.15, 0.2) is 30.6 Å². The first-order chi connectivity index (χ1) is 9.99. The van der Waals surface area contributed by atoms with Gasteiger partial charge in [0.25, 0.3) is 5.91 Å². The minimum absolute atomic E-state index is 0.0397. The number of carbonyl (C=O) groups excluding carboxylic acids is 2. The van der Waals surface area contributed by atoms with Gasteiger partial charge in [0.1, 0.15) is 12.4 Å². The van der Waals surface area contributed by atoms with Crippen LogP contribution in [-0.2, 0) is 16.1 Å². The Balaban J connectivity index is 2.05. The Labute approximate surface area is 120 Å². The van der Waals surface area contributed by atoms with E-state index in [2.05, 4.69) is 15.2 Å². The summed E-state index contributed by atoms with van der Waals surface area (Å²) < 4.78 is 19.0. The number of hydrogen-bond donors (Lipinski definition) is 1. The van der Waals surface area contributed by atoms with E-state index in [4.69, 9.17) is 0 Å². The van der Waals surface area contributed by atoms with Crippen molar-refractivity contribution in [1.82, 2.24) is 9.78 Å². The molecule has 2 aromatic rings. The van der Waals surface area contributed by atoms with Gasteiger partial charge in [0.15, 0.2) is 0 Å². The molecule has 21 heavy (non-hydrogen) atoms. The van der Waals surface area contributed by atoms with Crippen molar-refractivity contribution in [3.8, 4) is 0 Å². The van der Waals surface area contributed by atoms with Gasteiger partial charge in [-0.25, -0.2) is 4.39 Å². The summed E-state index contributed by atoms with van der Waals surface area (Å²) in [4.78, 5) is 23.1. The van der Waals surface area contributed by atoms with Crippen LogP contribution in [0.2, 0.25) is 0 Å². The van der Waals surface area contributed by atoms with Crippen molar-refractivity contribution in [1.29, 1.82) is 0 Å². The molecule has 1 N–H and O–H groups in total. The Morgan fingerprint density at radius 3 is 2.86 bits per heavy atom. The summed E-state index contributed by atoms with van der Waals surface area (Å²) in [6.07, 6.45) is 2.92. The third-order valence-corrected chi connectivity index (χ3v) is 2.83. The number of esters is 1. The molecule has 0 radical (unpaired) electrons. The minimum atomic E-state index is -0.440. The van der Waals surface area contributed by atoms with Gasteiger partial charge in [0.2, 0.25) is 0 Å². The Kier molecular flexibility index (Phi) is 4.32. The summed E-state index contributed by atoms with van der Waals surface area (Å²) in [5.74, 6) is -1.18. The summed E-state index contributed by atoms with van der Waals surface area (Å²) in [7, 11) is 1.28. The molecular weight excluding hydrogens is 277 g/mol. The molecule has 0 spiro atoms. The van der Waals surface area contributed by atoms with Crippen molar-refractivity contribution >= 4 is 17.6 Å². The third kappa shape index (κ3) is 3.65. The molecule has 6 nitrogen and oxygen atoms in total. The molecule has 1 heterocycles. The normalized spacial score (nSPS) is 10.2. The number of aryl methyl sites for hydroxylation is 1. The number of anilines is 1. The number of aromatic nitrogens is 2. The Hall–Kier alpha value is -2.70. The first kappa shape index (κ1) is 14.7. The van der Waals surface area contributed by atoms with E-state index in [1.165, 1.54) is 42.4 Å². The first-order valence-electron chi connectivity index (χ1n) is 6.16. The zero-order chi connectivity index (χ0) is 15.4. The number of amides is 1. The maximum atomic E-state index is 13.2. The number of methoxy groups -OCH3 is 1. The summed E-state index contributed by atoms with van der Waals surface area (Å²) >= 11 is 0. The van der Waals surface area contributed by atoms with Crippen LogP contribution in [0.1, 0.15) is 15.9 Å². The van der Waals surface area contributed by atoms with Crippen molar-refractivity contribution < 1.29 is 18.7 Å². The molecule has 0 atom stereocenters. The fourth-order valence-electron chi connectivity index (χ4n) is 1.70. The molecule has 0 bridgehead atoms. The average Bonchev–Trinajstić information content (AvgIpc) is 2.88. The topological polar surface area (TPSA) is 73.2 Å². The maximum Gasteiger partial charge on any atom is 0.327 e. The highest BCUT2D eigenvalue weighted by Crippen LogP contribution is 2.12. The van der Waals surface area contributed by atoms with Crippen LogP contribution >= 0.6 is 0 Å². The van der Waals surface area contributed by atoms with E-state index >= 15 is 0 Å². The monoisotopic (exact) mass is 291 g/mol. The van der Waals surface area contributed by atoms with Crippen LogP contribution < -0.4 is 5.32 Å². The molecule has 1 aromatic carbocycles. The molecular formula is C14H14FN3O3. The van der Waals surface area contributed by atoms with Crippen molar-refractivity contribution in [3.05, 3.63) is 47.5 Å². The zero-order valence-corrected chi connectivity index (χ0v) is 11.6. The Bertz CT molecular complexity index is 682. The van der Waals surface area contributed by atoms with Crippen molar-refractivity contribution in [2.75, 3.05) is 12.4 Å². The highest BCUT2D eigenvalue weighted by Gasteiger charge is 2.10. The van der Waals surface area contributed by atoms with Gasteiger partial charge in [-0.2, -0.15) is 5.10 Å². The van der Waals surface area contributed by atoms with Gasteiger partial charge in [-0.15, -0.1) is 0 Å². The second-order valence-electron chi connectivity index (χ2n) is 4.42. The van der Waals surface area contributed by atoms with Crippen LogP contribution in [0.3, 0.4) is 0 Å². The van der Waals surface area contributed by atoms with Crippen LogP contribution in [0.25, 0.3) is 0 Å². The average molecular weight is 291 g/mol. The number of rotatable bonds is 4. The molecule has 110 valence electrons. The molecule has 0 saturated heterocycles. The number of halogens is 1. The highest BCUT2D eigenvalue weighted by molar-refractivity contribution is 6.04. The van der Waals surface area contributed by atoms with E-state index in [0.717, 1.165) is 0 Å². The van der Waals surface area contributed by atoms with Gasteiger partial charge in [-0.1, -0.05) is 0 Å². The molecule has 0 aliphatic rings.